The molecular formula is C14H18FNO2. The zero-order valence-corrected chi connectivity index (χ0v) is 10.6. The fraction of sp³-hybridized carbons (Fsp3) is 0.500. The number of piperidine rings is 1. The molecule has 0 N–H and O–H groups in total. The molecule has 4 heteroatoms. The number of carbonyl (C=O) groups is 1. The van der Waals surface area contributed by atoms with Crippen LogP contribution in [0.25, 0.3) is 0 Å². The molecule has 1 aromatic rings. The number of halogens is 1. The largest absolute Gasteiger partial charge is 0.450 e. The first kappa shape index (κ1) is 12.9. The van der Waals surface area contributed by atoms with Crippen molar-refractivity contribution in [2.24, 2.45) is 0 Å². The summed E-state index contributed by atoms with van der Waals surface area (Å²) >= 11 is 0. The molecule has 1 heterocycles. The van der Waals surface area contributed by atoms with Crippen molar-refractivity contribution < 1.29 is 13.9 Å². The maximum atomic E-state index is 13.6. The van der Waals surface area contributed by atoms with Crippen LogP contribution in [0.4, 0.5) is 9.18 Å². The minimum atomic E-state index is -0.260. The maximum Gasteiger partial charge on any atom is 0.409 e. The molecule has 0 spiro atoms. The number of ether oxygens (including phenoxy) is 1. The number of carbonyl (C=O) groups excluding carboxylic acids is 1. The van der Waals surface area contributed by atoms with Crippen LogP contribution in [0.15, 0.2) is 24.3 Å². The SMILES string of the molecule is CCOC(=O)N1CCC(c2ccccc2F)CC1. The molecule has 1 saturated heterocycles. The van der Waals surface area contributed by atoms with Gasteiger partial charge in [0.25, 0.3) is 0 Å². The van der Waals surface area contributed by atoms with E-state index in [-0.39, 0.29) is 17.8 Å². The van der Waals surface area contributed by atoms with E-state index >= 15 is 0 Å². The molecule has 0 bridgehead atoms. The highest BCUT2D eigenvalue weighted by molar-refractivity contribution is 5.67. The van der Waals surface area contributed by atoms with Crippen LogP contribution in [0.1, 0.15) is 31.2 Å². The molecule has 0 saturated carbocycles. The number of nitrogens with zero attached hydrogens (tertiary/aromatic N) is 1. The van der Waals surface area contributed by atoms with Gasteiger partial charge in [-0.05, 0) is 37.3 Å². The number of hydrogen-bond acceptors (Lipinski definition) is 2. The van der Waals surface area contributed by atoms with Crippen LogP contribution in [0.5, 0.6) is 0 Å². The number of hydrogen-bond donors (Lipinski definition) is 0. The molecule has 18 heavy (non-hydrogen) atoms. The average molecular weight is 251 g/mol. The molecule has 0 radical (unpaired) electrons. The zero-order valence-electron chi connectivity index (χ0n) is 10.6. The molecule has 1 aliphatic rings. The number of amides is 1. The van der Waals surface area contributed by atoms with Crippen LogP contribution in [0, 0.1) is 5.82 Å². The lowest BCUT2D eigenvalue weighted by Crippen LogP contribution is -2.38. The monoisotopic (exact) mass is 251 g/mol. The summed E-state index contributed by atoms with van der Waals surface area (Å²) in [5.41, 5.74) is 0.765. The van der Waals surface area contributed by atoms with E-state index in [0.29, 0.717) is 19.7 Å². The third kappa shape index (κ3) is 2.81. The van der Waals surface area contributed by atoms with Gasteiger partial charge in [0.1, 0.15) is 5.82 Å². The number of benzene rings is 1. The van der Waals surface area contributed by atoms with Crippen molar-refractivity contribution in [2.75, 3.05) is 19.7 Å². The van der Waals surface area contributed by atoms with Gasteiger partial charge < -0.3 is 9.64 Å². The lowest BCUT2D eigenvalue weighted by molar-refractivity contribution is 0.0969. The van der Waals surface area contributed by atoms with Crippen LogP contribution in [0.3, 0.4) is 0 Å². The summed E-state index contributed by atoms with van der Waals surface area (Å²) in [6.45, 7) is 3.46. The molecule has 0 atom stereocenters. The Hall–Kier alpha value is -1.58. The quantitative estimate of drug-likeness (QED) is 0.808. The van der Waals surface area contributed by atoms with Gasteiger partial charge in [0.2, 0.25) is 0 Å². The van der Waals surface area contributed by atoms with E-state index in [1.807, 2.05) is 12.1 Å². The van der Waals surface area contributed by atoms with Gasteiger partial charge in [-0.25, -0.2) is 9.18 Å². The summed E-state index contributed by atoms with van der Waals surface area (Å²) in [4.78, 5) is 13.2. The van der Waals surface area contributed by atoms with E-state index in [1.165, 1.54) is 6.07 Å². The predicted octanol–water partition coefficient (Wildman–Crippen LogP) is 3.16. The Bertz CT molecular complexity index is 414. The summed E-state index contributed by atoms with van der Waals surface area (Å²) < 4.78 is 18.6. The number of rotatable bonds is 2. The molecular weight excluding hydrogens is 233 g/mol. The van der Waals surface area contributed by atoms with Crippen LogP contribution in [-0.4, -0.2) is 30.7 Å². The lowest BCUT2D eigenvalue weighted by Gasteiger charge is -2.31. The molecule has 3 nitrogen and oxygen atoms in total. The smallest absolute Gasteiger partial charge is 0.409 e. The lowest BCUT2D eigenvalue weighted by atomic mass is 9.89. The van der Waals surface area contributed by atoms with E-state index in [0.717, 1.165) is 18.4 Å². The first-order chi connectivity index (χ1) is 8.72. The van der Waals surface area contributed by atoms with Crippen molar-refractivity contribution in [3.8, 4) is 0 Å². The van der Waals surface area contributed by atoms with Gasteiger partial charge in [-0.2, -0.15) is 0 Å². The second-order valence-electron chi connectivity index (χ2n) is 4.48. The highest BCUT2D eigenvalue weighted by atomic mass is 19.1. The molecule has 0 aliphatic carbocycles. The Balaban J connectivity index is 1.95. The van der Waals surface area contributed by atoms with E-state index in [9.17, 15) is 9.18 Å². The molecule has 1 amide bonds. The van der Waals surface area contributed by atoms with Crippen molar-refractivity contribution >= 4 is 6.09 Å². The van der Waals surface area contributed by atoms with Crippen LogP contribution in [0.2, 0.25) is 0 Å². The van der Waals surface area contributed by atoms with Crippen molar-refractivity contribution in [1.29, 1.82) is 0 Å². The summed E-state index contributed by atoms with van der Waals surface area (Å²) in [7, 11) is 0. The first-order valence-corrected chi connectivity index (χ1v) is 6.38. The summed E-state index contributed by atoms with van der Waals surface area (Å²) in [5, 5.41) is 0. The molecule has 0 unspecified atom stereocenters. The van der Waals surface area contributed by atoms with Gasteiger partial charge in [0, 0.05) is 13.1 Å². The van der Waals surface area contributed by atoms with E-state index in [1.54, 1.807) is 17.9 Å². The molecule has 0 aromatic heterocycles. The van der Waals surface area contributed by atoms with E-state index < -0.39 is 0 Å². The van der Waals surface area contributed by atoms with E-state index in [2.05, 4.69) is 0 Å². The second kappa shape index (κ2) is 5.85. The van der Waals surface area contributed by atoms with Gasteiger partial charge in [-0.15, -0.1) is 0 Å². The fourth-order valence-electron chi connectivity index (χ4n) is 2.39. The molecule has 98 valence electrons. The maximum absolute atomic E-state index is 13.6. The highest BCUT2D eigenvalue weighted by Crippen LogP contribution is 2.29. The second-order valence-corrected chi connectivity index (χ2v) is 4.48. The summed E-state index contributed by atoms with van der Waals surface area (Å²) in [5.74, 6) is 0.0592. The third-order valence-corrected chi connectivity index (χ3v) is 3.37. The Morgan fingerprint density at radius 2 is 2.06 bits per heavy atom. The molecule has 1 aromatic carbocycles. The standard InChI is InChI=1S/C14H18FNO2/c1-2-18-14(17)16-9-7-11(8-10-16)12-5-3-4-6-13(12)15/h3-6,11H,2,7-10H2,1H3. The van der Waals surface area contributed by atoms with Crippen molar-refractivity contribution in [3.05, 3.63) is 35.6 Å². The topological polar surface area (TPSA) is 29.5 Å². The van der Waals surface area contributed by atoms with E-state index in [4.69, 9.17) is 4.74 Å². The number of likely N-dealkylation sites (tertiary alicyclic amines) is 1. The average Bonchev–Trinajstić information content (AvgIpc) is 2.40. The normalized spacial score (nSPS) is 16.7. The van der Waals surface area contributed by atoms with Crippen LogP contribution >= 0.6 is 0 Å². The van der Waals surface area contributed by atoms with Gasteiger partial charge in [0.15, 0.2) is 0 Å². The first-order valence-electron chi connectivity index (χ1n) is 6.38. The van der Waals surface area contributed by atoms with Gasteiger partial charge >= 0.3 is 6.09 Å². The van der Waals surface area contributed by atoms with Crippen molar-refractivity contribution in [1.82, 2.24) is 4.90 Å². The summed E-state index contributed by atoms with van der Waals surface area (Å²) in [6.07, 6.45) is 1.32. The summed E-state index contributed by atoms with van der Waals surface area (Å²) in [6, 6.07) is 6.88. The highest BCUT2D eigenvalue weighted by Gasteiger charge is 2.25. The predicted molar refractivity (Wildman–Crippen MR) is 67.0 cm³/mol. The van der Waals surface area contributed by atoms with Crippen molar-refractivity contribution in [3.63, 3.8) is 0 Å². The fourth-order valence-corrected chi connectivity index (χ4v) is 2.39. The Morgan fingerprint density at radius 1 is 1.39 bits per heavy atom. The molecule has 1 aliphatic heterocycles. The van der Waals surface area contributed by atoms with Crippen molar-refractivity contribution in [2.45, 2.75) is 25.7 Å². The van der Waals surface area contributed by atoms with Gasteiger partial charge in [-0.3, -0.25) is 0 Å². The van der Waals surface area contributed by atoms with Crippen LogP contribution < -0.4 is 0 Å². The minimum absolute atomic E-state index is 0.146. The van der Waals surface area contributed by atoms with Gasteiger partial charge in [0.05, 0.1) is 6.61 Å². The zero-order chi connectivity index (χ0) is 13.0. The Kier molecular flexibility index (Phi) is 4.18. The molecule has 1 fully saturated rings. The third-order valence-electron chi connectivity index (χ3n) is 3.37. The Labute approximate surface area is 107 Å². The van der Waals surface area contributed by atoms with Crippen LogP contribution in [-0.2, 0) is 4.74 Å². The van der Waals surface area contributed by atoms with Gasteiger partial charge in [-0.1, -0.05) is 18.2 Å². The minimum Gasteiger partial charge on any atom is -0.450 e. The Morgan fingerprint density at radius 3 is 2.67 bits per heavy atom. The molecule has 2 rings (SSSR count).